The molecule has 0 aromatic heterocycles. The molecule has 0 aromatic carbocycles. The summed E-state index contributed by atoms with van der Waals surface area (Å²) in [6.45, 7) is 8.88. The van der Waals surface area contributed by atoms with E-state index in [9.17, 15) is 0 Å². The van der Waals surface area contributed by atoms with Crippen molar-refractivity contribution in [1.82, 2.24) is 10.6 Å². The summed E-state index contributed by atoms with van der Waals surface area (Å²) in [7, 11) is 0. The number of carbonyl (C=O) groups is 2. The Morgan fingerprint density at radius 2 is 0.958 bits per heavy atom. The minimum atomic E-state index is -1.82. The summed E-state index contributed by atoms with van der Waals surface area (Å²) in [6, 6.07) is 0. The second kappa shape index (κ2) is 8.75. The Morgan fingerprint density at radius 3 is 1.08 bits per heavy atom. The zero-order valence-corrected chi connectivity index (χ0v) is 14.0. The third kappa shape index (κ3) is 5.41. The van der Waals surface area contributed by atoms with Crippen molar-refractivity contribution in [3.63, 3.8) is 0 Å². The van der Waals surface area contributed by atoms with Gasteiger partial charge in [0.2, 0.25) is 0 Å². The number of hydrogen-bond acceptors (Lipinski definition) is 6. The van der Waals surface area contributed by atoms with Crippen LogP contribution in [-0.4, -0.2) is 74.8 Å². The second-order valence-corrected chi connectivity index (χ2v) is 7.04. The first kappa shape index (κ1) is 19.1. The molecule has 4 saturated heterocycles. The van der Waals surface area contributed by atoms with Crippen molar-refractivity contribution < 1.29 is 29.3 Å². The van der Waals surface area contributed by atoms with E-state index in [0.29, 0.717) is 10.8 Å². The molecule has 8 nitrogen and oxygen atoms in total. The quantitative estimate of drug-likeness (QED) is 0.451. The summed E-state index contributed by atoms with van der Waals surface area (Å²) in [5, 5.41) is 21.4. The third-order valence-corrected chi connectivity index (χ3v) is 5.29. The lowest BCUT2D eigenvalue weighted by Crippen LogP contribution is -2.55. The smallest absolute Gasteiger partial charge is 0.414 e. The maximum absolute atomic E-state index is 9.10. The minimum absolute atomic E-state index is 0.665. The van der Waals surface area contributed by atoms with Gasteiger partial charge in [0.25, 0.3) is 0 Å². The van der Waals surface area contributed by atoms with Gasteiger partial charge in [-0.05, 0) is 36.5 Å². The first-order valence-electron chi connectivity index (χ1n) is 8.50. The van der Waals surface area contributed by atoms with Gasteiger partial charge in [0.15, 0.2) is 0 Å². The number of carboxylic acids is 2. The van der Waals surface area contributed by atoms with Crippen LogP contribution >= 0.6 is 0 Å². The van der Waals surface area contributed by atoms with Crippen LogP contribution in [0.2, 0.25) is 0 Å². The summed E-state index contributed by atoms with van der Waals surface area (Å²) < 4.78 is 10.5. The van der Waals surface area contributed by atoms with Crippen LogP contribution in [0, 0.1) is 10.8 Å². The Balaban J connectivity index is 0.000000134. The monoisotopic (exact) mass is 344 g/mol. The van der Waals surface area contributed by atoms with Crippen molar-refractivity contribution in [3.8, 4) is 0 Å². The largest absolute Gasteiger partial charge is 0.473 e. The Kier molecular flexibility index (Phi) is 6.97. The number of rotatable bonds is 0. The average Bonchev–Trinajstić information content (AvgIpc) is 2.55. The molecule has 4 fully saturated rings. The molecule has 4 aliphatic heterocycles. The summed E-state index contributed by atoms with van der Waals surface area (Å²) >= 11 is 0. The fraction of sp³-hybridized carbons (Fsp3) is 0.875. The molecule has 0 bridgehead atoms. The first-order chi connectivity index (χ1) is 11.5. The molecule has 0 saturated carbocycles. The molecule has 0 aliphatic carbocycles. The average molecular weight is 344 g/mol. The van der Waals surface area contributed by atoms with Gasteiger partial charge in [-0.1, -0.05) is 0 Å². The first-order valence-corrected chi connectivity index (χ1v) is 8.50. The van der Waals surface area contributed by atoms with Crippen LogP contribution in [0.3, 0.4) is 0 Å². The molecule has 0 radical (unpaired) electrons. The molecule has 8 heteroatoms. The van der Waals surface area contributed by atoms with Crippen LogP contribution in [0.15, 0.2) is 0 Å². The normalized spacial score (nSPS) is 25.8. The van der Waals surface area contributed by atoms with E-state index in [0.717, 1.165) is 26.4 Å². The third-order valence-electron chi connectivity index (χ3n) is 5.29. The summed E-state index contributed by atoms with van der Waals surface area (Å²) in [5.74, 6) is -3.65. The van der Waals surface area contributed by atoms with Gasteiger partial charge in [-0.2, -0.15) is 0 Å². The van der Waals surface area contributed by atoms with Gasteiger partial charge in [0.1, 0.15) is 0 Å². The standard InChI is InChI=1S/2C7H13NO.C2H2O4/c2*1-3-9-4-2-7(1)5-8-6-7;3-1(4)2(5)6/h2*8H,1-6H2;(H,3,4)(H,5,6). The maximum Gasteiger partial charge on any atom is 0.414 e. The fourth-order valence-corrected chi connectivity index (χ4v) is 3.27. The predicted molar refractivity (Wildman–Crippen MR) is 86.0 cm³/mol. The summed E-state index contributed by atoms with van der Waals surface area (Å²) in [4.78, 5) is 18.2. The highest BCUT2D eigenvalue weighted by Gasteiger charge is 2.38. The second-order valence-electron chi connectivity index (χ2n) is 7.04. The van der Waals surface area contributed by atoms with E-state index in [1.165, 1.54) is 51.9 Å². The van der Waals surface area contributed by atoms with Gasteiger partial charge in [-0.3, -0.25) is 0 Å². The SMILES string of the molecule is C1CC2(CCO1)CNC2.C1CC2(CCO1)CNC2.O=C(O)C(=O)O. The van der Waals surface area contributed by atoms with E-state index in [1.807, 2.05) is 0 Å². The summed E-state index contributed by atoms with van der Waals surface area (Å²) in [6.07, 6.45) is 5.11. The van der Waals surface area contributed by atoms with Crippen LogP contribution in [0.1, 0.15) is 25.7 Å². The lowest BCUT2D eigenvalue weighted by Gasteiger charge is -2.45. The van der Waals surface area contributed by atoms with Gasteiger partial charge in [0, 0.05) is 52.6 Å². The maximum atomic E-state index is 9.10. The lowest BCUT2D eigenvalue weighted by atomic mass is 9.75. The Hall–Kier alpha value is -1.22. The molecule has 4 N–H and O–H groups in total. The van der Waals surface area contributed by atoms with Crippen LogP contribution in [0.5, 0.6) is 0 Å². The van der Waals surface area contributed by atoms with Crippen molar-refractivity contribution in [2.24, 2.45) is 10.8 Å². The van der Waals surface area contributed by atoms with Gasteiger partial charge in [0.05, 0.1) is 0 Å². The van der Waals surface area contributed by atoms with E-state index in [4.69, 9.17) is 29.3 Å². The molecule has 2 spiro atoms. The highest BCUT2D eigenvalue weighted by molar-refractivity contribution is 6.27. The number of hydrogen-bond donors (Lipinski definition) is 4. The van der Waals surface area contributed by atoms with Crippen LogP contribution in [0.4, 0.5) is 0 Å². The van der Waals surface area contributed by atoms with Crippen LogP contribution in [-0.2, 0) is 19.1 Å². The molecule has 0 unspecified atom stereocenters. The van der Waals surface area contributed by atoms with Gasteiger partial charge in [-0.15, -0.1) is 0 Å². The van der Waals surface area contributed by atoms with Crippen molar-refractivity contribution in [1.29, 1.82) is 0 Å². The molecule has 0 aromatic rings. The number of aliphatic carboxylic acids is 2. The van der Waals surface area contributed by atoms with Gasteiger partial charge in [-0.25, -0.2) is 9.59 Å². The molecule has 4 heterocycles. The summed E-state index contributed by atoms with van der Waals surface area (Å²) in [5.41, 5.74) is 1.33. The van der Waals surface area contributed by atoms with Crippen molar-refractivity contribution in [2.75, 3.05) is 52.6 Å². The molecule has 138 valence electrons. The van der Waals surface area contributed by atoms with E-state index in [1.54, 1.807) is 0 Å². The molecule has 0 atom stereocenters. The van der Waals surface area contributed by atoms with Crippen LogP contribution in [0.25, 0.3) is 0 Å². The molecule has 24 heavy (non-hydrogen) atoms. The highest BCUT2D eigenvalue weighted by atomic mass is 16.5. The zero-order valence-electron chi connectivity index (χ0n) is 14.0. The van der Waals surface area contributed by atoms with E-state index < -0.39 is 11.9 Å². The Bertz CT molecular complexity index is 378. The molecular formula is C16H28N2O6. The topological polar surface area (TPSA) is 117 Å². The number of nitrogens with one attached hydrogen (secondary N) is 2. The number of carboxylic acid groups (broad SMARTS) is 2. The van der Waals surface area contributed by atoms with E-state index in [2.05, 4.69) is 10.6 Å². The molecule has 4 rings (SSSR count). The van der Waals surface area contributed by atoms with Crippen LogP contribution < -0.4 is 10.6 Å². The Morgan fingerprint density at radius 1 is 0.667 bits per heavy atom. The Labute approximate surface area is 141 Å². The van der Waals surface area contributed by atoms with E-state index in [-0.39, 0.29) is 0 Å². The minimum Gasteiger partial charge on any atom is -0.473 e. The lowest BCUT2D eigenvalue weighted by molar-refractivity contribution is -0.159. The van der Waals surface area contributed by atoms with Gasteiger partial charge >= 0.3 is 11.9 Å². The van der Waals surface area contributed by atoms with Crippen molar-refractivity contribution in [3.05, 3.63) is 0 Å². The zero-order chi connectivity index (χ0) is 17.5. The number of ether oxygens (including phenoxy) is 2. The van der Waals surface area contributed by atoms with Crippen molar-refractivity contribution >= 4 is 11.9 Å². The van der Waals surface area contributed by atoms with Gasteiger partial charge < -0.3 is 30.3 Å². The van der Waals surface area contributed by atoms with Crippen molar-refractivity contribution in [2.45, 2.75) is 25.7 Å². The fourth-order valence-electron chi connectivity index (χ4n) is 3.27. The predicted octanol–water partition coefficient (Wildman–Crippen LogP) is -0.0716. The molecule has 0 amide bonds. The molecular weight excluding hydrogens is 316 g/mol. The highest BCUT2D eigenvalue weighted by Crippen LogP contribution is 2.34. The molecule has 4 aliphatic rings. The van der Waals surface area contributed by atoms with E-state index >= 15 is 0 Å².